The Bertz CT molecular complexity index is 734. The van der Waals surface area contributed by atoms with Crippen LogP contribution in [0.2, 0.25) is 0 Å². The summed E-state index contributed by atoms with van der Waals surface area (Å²) in [6.45, 7) is 12.2. The number of carboxylic acid groups (broad SMARTS) is 1. The summed E-state index contributed by atoms with van der Waals surface area (Å²) in [5, 5.41) is 27.2. The standard InChI is InChI=1S/C11H14O2.C10H14O2/c1-11(2,3)9-7-5-4-6-8(9)10(12)13;1-10(2,3)7-4-5-8(11)9(12)6-7/h4-7H,1-3H3,(H,12,13);4-6,11-12H,1-3H3. The number of benzene rings is 2. The van der Waals surface area contributed by atoms with Gasteiger partial charge in [-0.25, -0.2) is 4.79 Å². The van der Waals surface area contributed by atoms with Crippen molar-refractivity contribution < 1.29 is 20.1 Å². The van der Waals surface area contributed by atoms with Crippen molar-refractivity contribution in [1.29, 1.82) is 0 Å². The molecule has 0 amide bonds. The van der Waals surface area contributed by atoms with Crippen LogP contribution in [0.25, 0.3) is 0 Å². The second-order valence-electron chi connectivity index (χ2n) is 8.05. The maximum Gasteiger partial charge on any atom is 0.335 e. The zero-order valence-corrected chi connectivity index (χ0v) is 15.8. The van der Waals surface area contributed by atoms with Gasteiger partial charge < -0.3 is 15.3 Å². The van der Waals surface area contributed by atoms with E-state index in [1.807, 2.05) is 39.0 Å². The second kappa shape index (κ2) is 7.60. The molecule has 0 saturated heterocycles. The smallest absolute Gasteiger partial charge is 0.335 e. The number of hydrogen-bond acceptors (Lipinski definition) is 3. The number of carboxylic acids is 1. The lowest BCUT2D eigenvalue weighted by atomic mass is 9.84. The van der Waals surface area contributed by atoms with Gasteiger partial charge in [-0.05, 0) is 40.2 Å². The molecule has 2 rings (SSSR count). The van der Waals surface area contributed by atoms with Crippen molar-refractivity contribution in [3.05, 3.63) is 59.2 Å². The van der Waals surface area contributed by atoms with Crippen LogP contribution < -0.4 is 0 Å². The van der Waals surface area contributed by atoms with E-state index in [0.29, 0.717) is 5.56 Å². The monoisotopic (exact) mass is 344 g/mol. The summed E-state index contributed by atoms with van der Waals surface area (Å²) >= 11 is 0. The third kappa shape index (κ3) is 5.82. The first-order valence-electron chi connectivity index (χ1n) is 8.19. The Labute approximate surface area is 149 Å². The molecule has 0 aliphatic heterocycles. The van der Waals surface area contributed by atoms with E-state index in [0.717, 1.165) is 11.1 Å². The van der Waals surface area contributed by atoms with Gasteiger partial charge >= 0.3 is 5.97 Å². The molecule has 0 bridgehead atoms. The Morgan fingerprint density at radius 3 is 1.76 bits per heavy atom. The SMILES string of the molecule is CC(C)(C)c1ccc(O)c(O)c1.CC(C)(C)c1ccccc1C(=O)O. The molecule has 25 heavy (non-hydrogen) atoms. The first-order valence-corrected chi connectivity index (χ1v) is 8.19. The lowest BCUT2D eigenvalue weighted by molar-refractivity contribution is 0.0694. The van der Waals surface area contributed by atoms with Crippen molar-refractivity contribution in [2.75, 3.05) is 0 Å². The highest BCUT2D eigenvalue weighted by Crippen LogP contribution is 2.31. The highest BCUT2D eigenvalue weighted by Gasteiger charge is 2.20. The summed E-state index contributed by atoms with van der Waals surface area (Å²) in [5.41, 5.74) is 2.18. The number of rotatable bonds is 1. The molecule has 136 valence electrons. The predicted molar refractivity (Wildman–Crippen MR) is 101 cm³/mol. The van der Waals surface area contributed by atoms with Crippen LogP contribution in [0, 0.1) is 0 Å². The van der Waals surface area contributed by atoms with Crippen molar-refractivity contribution in [3.63, 3.8) is 0 Å². The van der Waals surface area contributed by atoms with Crippen LogP contribution in [0.15, 0.2) is 42.5 Å². The maximum absolute atomic E-state index is 10.9. The third-order valence-electron chi connectivity index (χ3n) is 3.81. The highest BCUT2D eigenvalue weighted by molar-refractivity contribution is 5.89. The van der Waals surface area contributed by atoms with Gasteiger partial charge in [0.05, 0.1) is 5.56 Å². The summed E-state index contributed by atoms with van der Waals surface area (Å²) < 4.78 is 0. The summed E-state index contributed by atoms with van der Waals surface area (Å²) in [5.74, 6) is -0.976. The number of carbonyl (C=O) groups is 1. The molecule has 3 N–H and O–H groups in total. The van der Waals surface area contributed by atoms with Crippen LogP contribution in [0.1, 0.15) is 63.0 Å². The normalized spacial score (nSPS) is 11.4. The molecular weight excluding hydrogens is 316 g/mol. The quantitative estimate of drug-likeness (QED) is 0.631. The van der Waals surface area contributed by atoms with Gasteiger partial charge in [-0.2, -0.15) is 0 Å². The van der Waals surface area contributed by atoms with Crippen LogP contribution in [-0.2, 0) is 10.8 Å². The van der Waals surface area contributed by atoms with Crippen molar-refractivity contribution in [1.82, 2.24) is 0 Å². The molecule has 0 saturated carbocycles. The highest BCUT2D eigenvalue weighted by atomic mass is 16.4. The fourth-order valence-electron chi connectivity index (χ4n) is 2.31. The van der Waals surface area contributed by atoms with Gasteiger partial charge in [-0.15, -0.1) is 0 Å². The molecule has 0 heterocycles. The molecule has 4 heteroatoms. The maximum atomic E-state index is 10.9. The summed E-state index contributed by atoms with van der Waals surface area (Å²) in [6, 6.07) is 12.0. The molecule has 0 aliphatic carbocycles. The van der Waals surface area contributed by atoms with Gasteiger partial charge in [0.25, 0.3) is 0 Å². The average molecular weight is 344 g/mol. The number of hydrogen-bond donors (Lipinski definition) is 3. The zero-order chi connectivity index (χ0) is 19.4. The largest absolute Gasteiger partial charge is 0.504 e. The van der Waals surface area contributed by atoms with Gasteiger partial charge in [-0.3, -0.25) is 0 Å². The molecule has 2 aromatic carbocycles. The van der Waals surface area contributed by atoms with Crippen LogP contribution in [0.5, 0.6) is 11.5 Å². The summed E-state index contributed by atoms with van der Waals surface area (Å²) in [6.07, 6.45) is 0. The topological polar surface area (TPSA) is 77.8 Å². The van der Waals surface area contributed by atoms with Crippen molar-refractivity contribution in [2.24, 2.45) is 0 Å². The zero-order valence-electron chi connectivity index (χ0n) is 15.8. The van der Waals surface area contributed by atoms with Crippen molar-refractivity contribution >= 4 is 5.97 Å². The van der Waals surface area contributed by atoms with Gasteiger partial charge in [0.1, 0.15) is 0 Å². The molecule has 0 aliphatic rings. The predicted octanol–water partition coefficient (Wildman–Crippen LogP) is 5.08. The van der Waals surface area contributed by atoms with E-state index in [1.165, 1.54) is 6.07 Å². The number of aromatic hydroxyl groups is 2. The molecular formula is C21H28O4. The Morgan fingerprint density at radius 1 is 0.800 bits per heavy atom. The van der Waals surface area contributed by atoms with Gasteiger partial charge in [-0.1, -0.05) is 65.8 Å². The molecule has 0 spiro atoms. The van der Waals surface area contributed by atoms with Crippen molar-refractivity contribution in [2.45, 2.75) is 52.4 Å². The summed E-state index contributed by atoms with van der Waals surface area (Å²) in [7, 11) is 0. The van der Waals surface area contributed by atoms with Crippen LogP contribution in [-0.4, -0.2) is 21.3 Å². The first kappa shape index (κ1) is 20.6. The van der Waals surface area contributed by atoms with E-state index in [1.54, 1.807) is 18.2 Å². The van der Waals surface area contributed by atoms with Gasteiger partial charge in [0.2, 0.25) is 0 Å². The van der Waals surface area contributed by atoms with E-state index in [-0.39, 0.29) is 22.3 Å². The van der Waals surface area contributed by atoms with E-state index >= 15 is 0 Å². The Balaban J connectivity index is 0.000000251. The Hall–Kier alpha value is -2.49. The number of aromatic carboxylic acids is 1. The molecule has 0 atom stereocenters. The van der Waals surface area contributed by atoms with Crippen LogP contribution in [0.4, 0.5) is 0 Å². The van der Waals surface area contributed by atoms with E-state index in [4.69, 9.17) is 10.2 Å². The Kier molecular flexibility index (Phi) is 6.25. The minimum absolute atomic E-state index is 0.00514. The minimum atomic E-state index is -0.856. The lowest BCUT2D eigenvalue weighted by Crippen LogP contribution is -2.16. The summed E-state index contributed by atoms with van der Waals surface area (Å²) in [4.78, 5) is 10.9. The molecule has 4 nitrogen and oxygen atoms in total. The van der Waals surface area contributed by atoms with E-state index in [9.17, 15) is 9.90 Å². The number of phenols is 2. The lowest BCUT2D eigenvalue weighted by Gasteiger charge is -2.20. The van der Waals surface area contributed by atoms with Gasteiger partial charge in [0, 0.05) is 0 Å². The van der Waals surface area contributed by atoms with E-state index < -0.39 is 5.97 Å². The fourth-order valence-corrected chi connectivity index (χ4v) is 2.31. The van der Waals surface area contributed by atoms with E-state index in [2.05, 4.69) is 20.8 Å². The van der Waals surface area contributed by atoms with Crippen molar-refractivity contribution in [3.8, 4) is 11.5 Å². The second-order valence-corrected chi connectivity index (χ2v) is 8.05. The van der Waals surface area contributed by atoms with Gasteiger partial charge in [0.15, 0.2) is 11.5 Å². The molecule has 0 unspecified atom stereocenters. The average Bonchev–Trinajstić information content (AvgIpc) is 2.48. The first-order chi connectivity index (χ1) is 11.3. The molecule has 0 fully saturated rings. The molecule has 2 aromatic rings. The Morgan fingerprint density at radius 2 is 1.36 bits per heavy atom. The fraction of sp³-hybridized carbons (Fsp3) is 0.381. The molecule has 0 radical (unpaired) electrons. The number of phenolic OH excluding ortho intramolecular Hbond substituents is 2. The third-order valence-corrected chi connectivity index (χ3v) is 3.81. The van der Waals surface area contributed by atoms with Crippen LogP contribution >= 0.6 is 0 Å². The minimum Gasteiger partial charge on any atom is -0.504 e. The molecule has 0 aromatic heterocycles. The van der Waals surface area contributed by atoms with Crippen LogP contribution in [0.3, 0.4) is 0 Å².